The van der Waals surface area contributed by atoms with Crippen molar-refractivity contribution in [3.63, 3.8) is 0 Å². The Labute approximate surface area is 123 Å². The number of hydrogen-bond donors (Lipinski definition) is 1. The summed E-state index contributed by atoms with van der Waals surface area (Å²) in [6.45, 7) is 4.40. The molecule has 0 spiro atoms. The Morgan fingerprint density at radius 1 is 0.952 bits per heavy atom. The fourth-order valence-corrected chi connectivity index (χ4v) is 2.02. The summed E-state index contributed by atoms with van der Waals surface area (Å²) in [4.78, 5) is 0. The third-order valence-corrected chi connectivity index (χ3v) is 3.30. The van der Waals surface area contributed by atoms with Gasteiger partial charge in [0.2, 0.25) is 0 Å². The molecule has 2 rings (SSSR count). The van der Waals surface area contributed by atoms with E-state index in [1.165, 1.54) is 5.56 Å². The molecule has 0 heterocycles. The third kappa shape index (κ3) is 4.26. The Balaban J connectivity index is 1.99. The van der Waals surface area contributed by atoms with Gasteiger partial charge in [-0.25, -0.2) is 8.78 Å². The van der Waals surface area contributed by atoms with Gasteiger partial charge in [0.1, 0.15) is 24.0 Å². The van der Waals surface area contributed by atoms with E-state index in [2.05, 4.69) is 13.8 Å². The Bertz CT molecular complexity index is 576. The summed E-state index contributed by atoms with van der Waals surface area (Å²) in [7, 11) is 0. The highest BCUT2D eigenvalue weighted by Gasteiger charge is 2.09. The maximum Gasteiger partial charge on any atom is 0.129 e. The smallest absolute Gasteiger partial charge is 0.129 e. The lowest BCUT2D eigenvalue weighted by Gasteiger charge is -2.15. The third-order valence-electron chi connectivity index (χ3n) is 3.30. The molecule has 2 aromatic carbocycles. The van der Waals surface area contributed by atoms with E-state index in [0.29, 0.717) is 5.92 Å². The summed E-state index contributed by atoms with van der Waals surface area (Å²) in [5, 5.41) is 0. The van der Waals surface area contributed by atoms with Gasteiger partial charge in [-0.15, -0.1) is 0 Å². The van der Waals surface area contributed by atoms with Gasteiger partial charge in [0.05, 0.1) is 6.04 Å². The quantitative estimate of drug-likeness (QED) is 0.897. The summed E-state index contributed by atoms with van der Waals surface area (Å²) in [5.74, 6) is -0.733. The van der Waals surface area contributed by atoms with Crippen LogP contribution in [0.5, 0.6) is 5.75 Å². The minimum atomic E-state index is -0.667. The van der Waals surface area contributed by atoms with Gasteiger partial charge < -0.3 is 10.5 Å². The van der Waals surface area contributed by atoms with E-state index in [4.69, 9.17) is 10.5 Å². The van der Waals surface area contributed by atoms with Crippen LogP contribution in [0.4, 0.5) is 8.78 Å². The predicted octanol–water partition coefficient (Wildman–Crippen LogP) is 4.17. The topological polar surface area (TPSA) is 35.2 Å². The van der Waals surface area contributed by atoms with Gasteiger partial charge in [-0.05, 0) is 17.0 Å². The Kier molecular flexibility index (Phi) is 4.91. The summed E-state index contributed by atoms with van der Waals surface area (Å²) in [6.07, 6.45) is 0. The number of halogens is 2. The van der Waals surface area contributed by atoms with Gasteiger partial charge in [-0.1, -0.05) is 38.1 Å². The first-order chi connectivity index (χ1) is 9.95. The normalized spacial score (nSPS) is 12.5. The van der Waals surface area contributed by atoms with E-state index < -0.39 is 11.6 Å². The molecule has 1 atom stereocenters. The number of benzene rings is 2. The second-order valence-electron chi connectivity index (χ2n) is 5.34. The average Bonchev–Trinajstić information content (AvgIpc) is 2.44. The molecule has 0 aliphatic rings. The first-order valence-electron chi connectivity index (χ1n) is 6.90. The second-order valence-corrected chi connectivity index (χ2v) is 5.34. The first kappa shape index (κ1) is 15.4. The molecule has 0 fully saturated rings. The highest BCUT2D eigenvalue weighted by Crippen LogP contribution is 2.20. The average molecular weight is 291 g/mol. The van der Waals surface area contributed by atoms with Crippen LogP contribution in [0.3, 0.4) is 0 Å². The van der Waals surface area contributed by atoms with Crippen LogP contribution >= 0.6 is 0 Å². The molecule has 0 aliphatic heterocycles. The number of hydrogen-bond acceptors (Lipinski definition) is 2. The van der Waals surface area contributed by atoms with E-state index in [-0.39, 0.29) is 18.4 Å². The highest BCUT2D eigenvalue weighted by atomic mass is 19.1. The van der Waals surface area contributed by atoms with Gasteiger partial charge in [0.25, 0.3) is 0 Å². The lowest BCUT2D eigenvalue weighted by atomic mass is 10.00. The monoisotopic (exact) mass is 291 g/mol. The second kappa shape index (κ2) is 6.68. The zero-order valence-electron chi connectivity index (χ0n) is 12.1. The van der Waals surface area contributed by atoms with E-state index in [9.17, 15) is 8.78 Å². The molecule has 1 unspecified atom stereocenters. The summed E-state index contributed by atoms with van der Waals surface area (Å²) in [5.41, 5.74) is 8.19. The minimum Gasteiger partial charge on any atom is -0.491 e. The van der Waals surface area contributed by atoms with Crippen molar-refractivity contribution in [2.45, 2.75) is 25.8 Å². The molecule has 2 nitrogen and oxygen atoms in total. The molecule has 0 saturated carbocycles. The standard InChI is InChI=1S/C17H19F2NO/c1-11(2)12-3-5-13(6-4-12)17(20)10-21-16-8-14(18)7-15(19)9-16/h3-9,11,17H,10,20H2,1-2H3. The molecular weight excluding hydrogens is 272 g/mol. The van der Waals surface area contributed by atoms with Crippen LogP contribution in [0, 0.1) is 11.6 Å². The van der Waals surface area contributed by atoms with Gasteiger partial charge in [0, 0.05) is 18.2 Å². The van der Waals surface area contributed by atoms with Crippen molar-refractivity contribution in [3.05, 3.63) is 65.2 Å². The van der Waals surface area contributed by atoms with Gasteiger partial charge in [-0.2, -0.15) is 0 Å². The zero-order chi connectivity index (χ0) is 15.4. The van der Waals surface area contributed by atoms with Crippen LogP contribution in [0.1, 0.15) is 36.9 Å². The molecular formula is C17H19F2NO. The molecule has 21 heavy (non-hydrogen) atoms. The van der Waals surface area contributed by atoms with Crippen LogP contribution < -0.4 is 10.5 Å². The van der Waals surface area contributed by atoms with E-state index in [0.717, 1.165) is 23.8 Å². The van der Waals surface area contributed by atoms with Crippen molar-refractivity contribution in [3.8, 4) is 5.75 Å². The Morgan fingerprint density at radius 3 is 2.00 bits per heavy atom. The number of nitrogens with two attached hydrogens (primary N) is 1. The molecule has 2 aromatic rings. The molecule has 0 aromatic heterocycles. The highest BCUT2D eigenvalue weighted by molar-refractivity contribution is 5.27. The van der Waals surface area contributed by atoms with Crippen LogP contribution in [0.25, 0.3) is 0 Å². The van der Waals surface area contributed by atoms with E-state index in [1.54, 1.807) is 0 Å². The molecule has 112 valence electrons. The van der Waals surface area contributed by atoms with E-state index >= 15 is 0 Å². The molecule has 0 saturated heterocycles. The van der Waals surface area contributed by atoms with E-state index in [1.807, 2.05) is 24.3 Å². The van der Waals surface area contributed by atoms with Crippen molar-refractivity contribution in [1.82, 2.24) is 0 Å². The van der Waals surface area contributed by atoms with Gasteiger partial charge in [-0.3, -0.25) is 0 Å². The first-order valence-corrected chi connectivity index (χ1v) is 6.90. The number of ether oxygens (including phenoxy) is 1. The lowest BCUT2D eigenvalue weighted by molar-refractivity contribution is 0.288. The van der Waals surface area contributed by atoms with Crippen LogP contribution in [0.15, 0.2) is 42.5 Å². The fraction of sp³-hybridized carbons (Fsp3) is 0.294. The molecule has 0 aliphatic carbocycles. The van der Waals surface area contributed by atoms with Crippen LogP contribution in [0.2, 0.25) is 0 Å². The molecule has 0 bridgehead atoms. The lowest BCUT2D eigenvalue weighted by Crippen LogP contribution is -2.19. The fourth-order valence-electron chi connectivity index (χ4n) is 2.02. The molecule has 0 radical (unpaired) electrons. The van der Waals surface area contributed by atoms with Crippen molar-refractivity contribution >= 4 is 0 Å². The maximum atomic E-state index is 13.0. The largest absolute Gasteiger partial charge is 0.491 e. The molecule has 4 heteroatoms. The summed E-state index contributed by atoms with van der Waals surface area (Å²) < 4.78 is 31.4. The summed E-state index contributed by atoms with van der Waals surface area (Å²) in [6, 6.07) is 10.7. The van der Waals surface area contributed by atoms with Crippen LogP contribution in [-0.2, 0) is 0 Å². The van der Waals surface area contributed by atoms with Crippen molar-refractivity contribution in [2.24, 2.45) is 5.73 Å². The molecule has 2 N–H and O–H groups in total. The zero-order valence-corrected chi connectivity index (χ0v) is 12.1. The van der Waals surface area contributed by atoms with Gasteiger partial charge in [0.15, 0.2) is 0 Å². The Hall–Kier alpha value is -1.94. The van der Waals surface area contributed by atoms with Crippen LogP contribution in [-0.4, -0.2) is 6.61 Å². The molecule has 0 amide bonds. The SMILES string of the molecule is CC(C)c1ccc(C(N)COc2cc(F)cc(F)c2)cc1. The number of rotatable bonds is 5. The minimum absolute atomic E-state index is 0.141. The van der Waals surface area contributed by atoms with Crippen molar-refractivity contribution in [1.29, 1.82) is 0 Å². The van der Waals surface area contributed by atoms with Gasteiger partial charge >= 0.3 is 0 Å². The van der Waals surface area contributed by atoms with Crippen molar-refractivity contribution < 1.29 is 13.5 Å². The summed E-state index contributed by atoms with van der Waals surface area (Å²) >= 11 is 0. The Morgan fingerprint density at radius 2 is 1.48 bits per heavy atom. The van der Waals surface area contributed by atoms with Crippen molar-refractivity contribution in [2.75, 3.05) is 6.61 Å². The maximum absolute atomic E-state index is 13.0. The predicted molar refractivity (Wildman–Crippen MR) is 79.3 cm³/mol.